The molecule has 0 unspecified atom stereocenters. The molecule has 1 heterocycles. The van der Waals surface area contributed by atoms with Crippen LogP contribution in [0.15, 0.2) is 6.20 Å². The highest BCUT2D eigenvalue weighted by Gasteiger charge is 2.35. The van der Waals surface area contributed by atoms with Crippen molar-refractivity contribution in [2.45, 2.75) is 44.5 Å². The number of aryl methyl sites for hydroxylation is 1. The van der Waals surface area contributed by atoms with E-state index in [0.717, 1.165) is 24.1 Å². The lowest BCUT2D eigenvalue weighted by molar-refractivity contribution is 0.523. The molecule has 7 heteroatoms. The molecular formula is C12H22N4O2S. The molecule has 1 fully saturated rings. The summed E-state index contributed by atoms with van der Waals surface area (Å²) >= 11 is 0. The number of aromatic nitrogens is 2. The zero-order chi connectivity index (χ0) is 14.0. The summed E-state index contributed by atoms with van der Waals surface area (Å²) in [6.07, 6.45) is 3.43. The van der Waals surface area contributed by atoms with Crippen LogP contribution >= 0.6 is 0 Å². The molecule has 108 valence electrons. The van der Waals surface area contributed by atoms with Crippen molar-refractivity contribution < 1.29 is 8.42 Å². The maximum atomic E-state index is 11.7. The molecular weight excluding hydrogens is 264 g/mol. The van der Waals surface area contributed by atoms with Crippen LogP contribution < -0.4 is 10.0 Å². The molecule has 2 rings (SSSR count). The molecule has 1 aliphatic rings. The third-order valence-corrected chi connectivity index (χ3v) is 5.45. The van der Waals surface area contributed by atoms with E-state index in [9.17, 15) is 8.42 Å². The zero-order valence-electron chi connectivity index (χ0n) is 11.7. The molecule has 0 saturated heterocycles. The Balaban J connectivity index is 1.75. The predicted octanol–water partition coefficient (Wildman–Crippen LogP) is 0.288. The van der Waals surface area contributed by atoms with Crippen molar-refractivity contribution in [2.24, 2.45) is 7.05 Å². The smallest absolute Gasteiger partial charge is 0.214 e. The van der Waals surface area contributed by atoms with Crippen LogP contribution in [-0.2, 0) is 23.6 Å². The van der Waals surface area contributed by atoms with Crippen LogP contribution in [0.5, 0.6) is 0 Å². The summed E-state index contributed by atoms with van der Waals surface area (Å²) < 4.78 is 27.9. The molecule has 0 radical (unpaired) electrons. The van der Waals surface area contributed by atoms with Gasteiger partial charge < -0.3 is 5.32 Å². The summed E-state index contributed by atoms with van der Waals surface area (Å²) in [5.41, 5.74) is 2.26. The van der Waals surface area contributed by atoms with Crippen molar-refractivity contribution in [2.75, 3.05) is 6.54 Å². The Hall–Kier alpha value is -0.920. The van der Waals surface area contributed by atoms with Crippen molar-refractivity contribution in [3.8, 4) is 0 Å². The van der Waals surface area contributed by atoms with Gasteiger partial charge in [-0.25, -0.2) is 13.1 Å². The second kappa shape index (κ2) is 5.60. The lowest BCUT2D eigenvalue weighted by Gasteiger charge is -2.14. The number of rotatable bonds is 7. The Morgan fingerprint density at radius 1 is 1.53 bits per heavy atom. The van der Waals surface area contributed by atoms with Gasteiger partial charge in [0.2, 0.25) is 10.0 Å². The number of nitrogens with one attached hydrogen (secondary N) is 2. The molecule has 6 nitrogen and oxygen atoms in total. The standard InChI is InChI=1S/C12H22N4O2S/c1-9(6-15-19(17,18)12-4-5-12)13-7-11-8-14-16(3)10(11)2/h8-9,12-13,15H,4-7H2,1-3H3/t9-/m1/s1. The van der Waals surface area contributed by atoms with E-state index in [-0.39, 0.29) is 11.3 Å². The van der Waals surface area contributed by atoms with Gasteiger partial charge in [0.25, 0.3) is 0 Å². The molecule has 1 aromatic rings. The monoisotopic (exact) mass is 286 g/mol. The van der Waals surface area contributed by atoms with Crippen molar-refractivity contribution in [3.05, 3.63) is 17.5 Å². The van der Waals surface area contributed by atoms with Crippen LogP contribution in [0.3, 0.4) is 0 Å². The first-order valence-corrected chi connectivity index (χ1v) is 8.14. The van der Waals surface area contributed by atoms with Crippen LogP contribution in [-0.4, -0.2) is 36.0 Å². The second-order valence-corrected chi connectivity index (χ2v) is 7.30. The number of hydrogen-bond donors (Lipinski definition) is 2. The highest BCUT2D eigenvalue weighted by molar-refractivity contribution is 7.90. The van der Waals surface area contributed by atoms with E-state index in [0.29, 0.717) is 13.1 Å². The lowest BCUT2D eigenvalue weighted by atomic mass is 10.2. The fourth-order valence-electron chi connectivity index (χ4n) is 1.81. The van der Waals surface area contributed by atoms with E-state index in [2.05, 4.69) is 15.1 Å². The van der Waals surface area contributed by atoms with Crippen LogP contribution in [0.4, 0.5) is 0 Å². The van der Waals surface area contributed by atoms with E-state index in [1.807, 2.05) is 31.8 Å². The van der Waals surface area contributed by atoms with Crippen molar-refractivity contribution >= 4 is 10.0 Å². The fraction of sp³-hybridized carbons (Fsp3) is 0.750. The van der Waals surface area contributed by atoms with Gasteiger partial charge in [-0.2, -0.15) is 5.10 Å². The van der Waals surface area contributed by atoms with Gasteiger partial charge in [0.05, 0.1) is 11.4 Å². The zero-order valence-corrected chi connectivity index (χ0v) is 12.5. The minimum absolute atomic E-state index is 0.0909. The van der Waals surface area contributed by atoms with E-state index < -0.39 is 10.0 Å². The molecule has 0 amide bonds. The molecule has 1 aromatic heterocycles. The number of hydrogen-bond acceptors (Lipinski definition) is 4. The first-order chi connectivity index (χ1) is 8.90. The van der Waals surface area contributed by atoms with Crippen LogP contribution in [0.2, 0.25) is 0 Å². The van der Waals surface area contributed by atoms with Gasteiger partial charge in [0.15, 0.2) is 0 Å². The highest BCUT2D eigenvalue weighted by Crippen LogP contribution is 2.27. The topological polar surface area (TPSA) is 76.0 Å². The Labute approximate surface area is 114 Å². The lowest BCUT2D eigenvalue weighted by Crippen LogP contribution is -2.39. The normalized spacial score (nSPS) is 17.6. The fourth-order valence-corrected chi connectivity index (χ4v) is 3.29. The minimum Gasteiger partial charge on any atom is -0.309 e. The Morgan fingerprint density at radius 3 is 2.74 bits per heavy atom. The minimum atomic E-state index is -3.08. The highest BCUT2D eigenvalue weighted by atomic mass is 32.2. The first-order valence-electron chi connectivity index (χ1n) is 6.59. The molecule has 0 bridgehead atoms. The first kappa shape index (κ1) is 14.5. The molecule has 0 spiro atoms. The molecule has 1 aliphatic carbocycles. The van der Waals surface area contributed by atoms with E-state index in [4.69, 9.17) is 0 Å². The van der Waals surface area contributed by atoms with Crippen molar-refractivity contribution in [1.29, 1.82) is 0 Å². The summed E-state index contributed by atoms with van der Waals surface area (Å²) in [6.45, 7) is 5.12. The quantitative estimate of drug-likeness (QED) is 0.755. The third kappa shape index (κ3) is 3.77. The van der Waals surface area contributed by atoms with Gasteiger partial charge in [-0.3, -0.25) is 4.68 Å². The summed E-state index contributed by atoms with van der Waals surface area (Å²) in [5, 5.41) is 7.33. The molecule has 0 aromatic carbocycles. The van der Waals surface area contributed by atoms with Gasteiger partial charge in [0.1, 0.15) is 0 Å². The molecule has 1 saturated carbocycles. The summed E-state index contributed by atoms with van der Waals surface area (Å²) in [6, 6.07) is 0.0909. The van der Waals surface area contributed by atoms with Crippen LogP contribution in [0.1, 0.15) is 31.0 Å². The predicted molar refractivity (Wildman–Crippen MR) is 74.2 cm³/mol. The van der Waals surface area contributed by atoms with Crippen molar-refractivity contribution in [3.63, 3.8) is 0 Å². The van der Waals surface area contributed by atoms with Crippen LogP contribution in [0, 0.1) is 6.92 Å². The maximum Gasteiger partial charge on any atom is 0.214 e. The summed E-state index contributed by atoms with van der Waals surface area (Å²) in [5.74, 6) is 0. The summed E-state index contributed by atoms with van der Waals surface area (Å²) in [4.78, 5) is 0. The van der Waals surface area contributed by atoms with Crippen LogP contribution in [0.25, 0.3) is 0 Å². The van der Waals surface area contributed by atoms with Gasteiger partial charge in [-0.15, -0.1) is 0 Å². The third-order valence-electron chi connectivity index (χ3n) is 3.53. The van der Waals surface area contributed by atoms with E-state index in [1.54, 1.807) is 0 Å². The second-order valence-electron chi connectivity index (χ2n) is 5.25. The maximum absolute atomic E-state index is 11.7. The van der Waals surface area contributed by atoms with Crippen molar-refractivity contribution in [1.82, 2.24) is 19.8 Å². The molecule has 19 heavy (non-hydrogen) atoms. The number of nitrogens with zero attached hydrogens (tertiary/aromatic N) is 2. The van der Waals surface area contributed by atoms with E-state index in [1.165, 1.54) is 0 Å². The largest absolute Gasteiger partial charge is 0.309 e. The number of sulfonamides is 1. The average Bonchev–Trinajstić information content (AvgIpc) is 3.16. The Kier molecular flexibility index (Phi) is 4.27. The molecule has 0 aliphatic heterocycles. The SMILES string of the molecule is Cc1c(CN[C@H](C)CNS(=O)(=O)C2CC2)cnn1C. The molecule has 2 N–H and O–H groups in total. The van der Waals surface area contributed by atoms with Gasteiger partial charge in [-0.05, 0) is 26.7 Å². The Bertz CT molecular complexity index is 534. The van der Waals surface area contributed by atoms with Gasteiger partial charge in [-0.1, -0.05) is 0 Å². The Morgan fingerprint density at radius 2 is 2.21 bits per heavy atom. The van der Waals surface area contributed by atoms with Gasteiger partial charge in [0, 0.05) is 37.4 Å². The van der Waals surface area contributed by atoms with Gasteiger partial charge >= 0.3 is 0 Å². The average molecular weight is 286 g/mol. The molecule has 1 atom stereocenters. The van der Waals surface area contributed by atoms with E-state index >= 15 is 0 Å². The summed E-state index contributed by atoms with van der Waals surface area (Å²) in [7, 11) is -1.17.